The summed E-state index contributed by atoms with van der Waals surface area (Å²) in [6.45, 7) is 7.11. The number of hydrogen-bond acceptors (Lipinski definition) is 6. The molecular weight excluding hydrogens is 410 g/mol. The highest BCUT2D eigenvalue weighted by Crippen LogP contribution is 2.31. The number of methoxy groups -OCH3 is 1. The molecule has 0 aliphatic carbocycles. The zero-order chi connectivity index (χ0) is 23.3. The molecule has 0 unspecified atom stereocenters. The normalized spacial score (nSPS) is 10.4. The molecule has 2 aromatic rings. The van der Waals surface area contributed by atoms with Crippen molar-refractivity contribution in [2.45, 2.75) is 46.5 Å². The van der Waals surface area contributed by atoms with Gasteiger partial charge in [-0.1, -0.05) is 13.8 Å². The van der Waals surface area contributed by atoms with E-state index in [9.17, 15) is 9.59 Å². The van der Waals surface area contributed by atoms with Crippen molar-refractivity contribution in [3.05, 3.63) is 42.0 Å². The molecule has 1 amide bonds. The van der Waals surface area contributed by atoms with Gasteiger partial charge in [0.05, 0.1) is 26.9 Å². The monoisotopic (exact) mass is 443 g/mol. The number of ether oxygens (including phenoxy) is 4. The van der Waals surface area contributed by atoms with Gasteiger partial charge < -0.3 is 24.3 Å². The highest BCUT2D eigenvalue weighted by atomic mass is 16.5. The van der Waals surface area contributed by atoms with Gasteiger partial charge in [0.25, 0.3) is 0 Å². The average molecular weight is 444 g/mol. The van der Waals surface area contributed by atoms with E-state index in [2.05, 4.69) is 5.32 Å². The van der Waals surface area contributed by atoms with Crippen LogP contribution in [0.2, 0.25) is 0 Å². The first-order valence-corrected chi connectivity index (χ1v) is 11.0. The molecule has 0 heterocycles. The van der Waals surface area contributed by atoms with Gasteiger partial charge in [0.2, 0.25) is 5.91 Å². The summed E-state index contributed by atoms with van der Waals surface area (Å²) in [6, 6.07) is 10.5. The van der Waals surface area contributed by atoms with E-state index in [1.165, 1.54) is 14.0 Å². The van der Waals surface area contributed by atoms with E-state index >= 15 is 0 Å². The van der Waals surface area contributed by atoms with Crippen molar-refractivity contribution in [3.63, 3.8) is 0 Å². The third-order valence-electron chi connectivity index (χ3n) is 4.53. The summed E-state index contributed by atoms with van der Waals surface area (Å²) in [5.74, 6) is 2.18. The van der Waals surface area contributed by atoms with Gasteiger partial charge in [-0.3, -0.25) is 9.59 Å². The van der Waals surface area contributed by atoms with Crippen LogP contribution in [0, 0.1) is 0 Å². The highest BCUT2D eigenvalue weighted by Gasteiger charge is 2.11. The minimum Gasteiger partial charge on any atom is -0.493 e. The molecule has 0 radical (unpaired) electrons. The molecule has 7 nitrogen and oxygen atoms in total. The molecular formula is C25H33NO6. The third kappa shape index (κ3) is 7.80. The standard InChI is InChI=1S/C25H33NO6/c1-5-13-30-22-12-10-20(17-24(22)31-14-6-2)26-25(28)8-7-15-32-21-11-9-19(18(3)27)16-23(21)29-4/h9-12,16-17H,5-8,13-15H2,1-4H3,(H,26,28). The van der Waals surface area contributed by atoms with E-state index in [1.807, 2.05) is 19.9 Å². The Balaban J connectivity index is 1.87. The first-order valence-electron chi connectivity index (χ1n) is 11.0. The molecule has 0 aliphatic rings. The Kier molecular flexibility index (Phi) is 10.4. The fourth-order valence-corrected chi connectivity index (χ4v) is 2.89. The molecule has 2 rings (SSSR count). The molecule has 2 aromatic carbocycles. The number of nitrogens with one attached hydrogen (secondary N) is 1. The van der Waals surface area contributed by atoms with E-state index < -0.39 is 0 Å². The third-order valence-corrected chi connectivity index (χ3v) is 4.53. The molecule has 0 fully saturated rings. The van der Waals surface area contributed by atoms with Gasteiger partial charge >= 0.3 is 0 Å². The summed E-state index contributed by atoms with van der Waals surface area (Å²) in [7, 11) is 1.52. The highest BCUT2D eigenvalue weighted by molar-refractivity contribution is 5.94. The lowest BCUT2D eigenvalue weighted by molar-refractivity contribution is -0.116. The topological polar surface area (TPSA) is 83.1 Å². The van der Waals surface area contributed by atoms with Crippen LogP contribution in [0.25, 0.3) is 0 Å². The number of Topliss-reactive ketones (excluding diaryl/α,β-unsaturated/α-hetero) is 1. The Morgan fingerprint density at radius 1 is 0.812 bits per heavy atom. The van der Waals surface area contributed by atoms with E-state index in [4.69, 9.17) is 18.9 Å². The van der Waals surface area contributed by atoms with Crippen LogP contribution in [-0.2, 0) is 4.79 Å². The smallest absolute Gasteiger partial charge is 0.224 e. The Morgan fingerprint density at radius 3 is 2.09 bits per heavy atom. The van der Waals surface area contributed by atoms with Crippen molar-refractivity contribution in [3.8, 4) is 23.0 Å². The predicted molar refractivity (Wildman–Crippen MR) is 124 cm³/mol. The zero-order valence-corrected chi connectivity index (χ0v) is 19.4. The summed E-state index contributed by atoms with van der Waals surface area (Å²) in [6.07, 6.45) is 2.61. The summed E-state index contributed by atoms with van der Waals surface area (Å²) in [5.41, 5.74) is 1.22. The number of carbonyl (C=O) groups excluding carboxylic acids is 2. The second kappa shape index (κ2) is 13.2. The average Bonchev–Trinajstić information content (AvgIpc) is 2.79. The predicted octanol–water partition coefficient (Wildman–Crippen LogP) is 5.27. The van der Waals surface area contributed by atoms with Crippen LogP contribution in [0.5, 0.6) is 23.0 Å². The van der Waals surface area contributed by atoms with Crippen molar-refractivity contribution < 1.29 is 28.5 Å². The van der Waals surface area contributed by atoms with Gasteiger partial charge in [-0.2, -0.15) is 0 Å². The van der Waals surface area contributed by atoms with Gasteiger partial charge in [-0.15, -0.1) is 0 Å². The Morgan fingerprint density at radius 2 is 1.44 bits per heavy atom. The van der Waals surface area contributed by atoms with Crippen LogP contribution < -0.4 is 24.3 Å². The molecule has 32 heavy (non-hydrogen) atoms. The van der Waals surface area contributed by atoms with Crippen LogP contribution in [0.3, 0.4) is 0 Å². The minimum absolute atomic E-state index is 0.0419. The van der Waals surface area contributed by atoms with Gasteiger partial charge in [0, 0.05) is 23.7 Å². The Bertz CT molecular complexity index is 896. The first kappa shape index (κ1) is 25.0. The molecule has 0 aromatic heterocycles. The van der Waals surface area contributed by atoms with Crippen LogP contribution in [0.15, 0.2) is 36.4 Å². The second-order valence-corrected chi connectivity index (χ2v) is 7.28. The SMILES string of the molecule is CCCOc1ccc(NC(=O)CCCOc2ccc(C(C)=O)cc2OC)cc1OCCC. The number of anilines is 1. The Hall–Kier alpha value is -3.22. The van der Waals surface area contributed by atoms with E-state index in [-0.39, 0.29) is 11.7 Å². The maximum Gasteiger partial charge on any atom is 0.224 e. The first-order chi connectivity index (χ1) is 15.5. The summed E-state index contributed by atoms with van der Waals surface area (Å²) in [4.78, 5) is 23.8. The van der Waals surface area contributed by atoms with Crippen LogP contribution in [0.1, 0.15) is 56.8 Å². The van der Waals surface area contributed by atoms with E-state index in [0.717, 1.165) is 12.8 Å². The lowest BCUT2D eigenvalue weighted by Crippen LogP contribution is -2.13. The zero-order valence-electron chi connectivity index (χ0n) is 19.4. The number of hydrogen-bond donors (Lipinski definition) is 1. The molecule has 0 saturated carbocycles. The van der Waals surface area contributed by atoms with E-state index in [1.54, 1.807) is 30.3 Å². The molecule has 0 bridgehead atoms. The quantitative estimate of drug-likeness (QED) is 0.316. The molecule has 0 aliphatic heterocycles. The number of ketones is 1. The second-order valence-electron chi connectivity index (χ2n) is 7.28. The maximum atomic E-state index is 12.3. The number of benzene rings is 2. The van der Waals surface area contributed by atoms with Crippen LogP contribution in [-0.4, -0.2) is 38.6 Å². The fraction of sp³-hybridized carbons (Fsp3) is 0.440. The minimum atomic E-state index is -0.115. The number of carbonyl (C=O) groups is 2. The van der Waals surface area contributed by atoms with Crippen molar-refractivity contribution in [2.24, 2.45) is 0 Å². The Labute approximate surface area is 190 Å². The van der Waals surface area contributed by atoms with Crippen molar-refractivity contribution in [2.75, 3.05) is 32.2 Å². The lowest BCUT2D eigenvalue weighted by Gasteiger charge is -2.14. The van der Waals surface area contributed by atoms with Gasteiger partial charge in [0.1, 0.15) is 0 Å². The summed E-state index contributed by atoms with van der Waals surface area (Å²) >= 11 is 0. The number of amides is 1. The molecule has 1 N–H and O–H groups in total. The van der Waals surface area contributed by atoms with Gasteiger partial charge in [-0.05, 0) is 56.5 Å². The largest absolute Gasteiger partial charge is 0.493 e. The van der Waals surface area contributed by atoms with Gasteiger partial charge in [0.15, 0.2) is 28.8 Å². The van der Waals surface area contributed by atoms with Crippen LogP contribution in [0.4, 0.5) is 5.69 Å². The van der Waals surface area contributed by atoms with Crippen molar-refractivity contribution in [1.82, 2.24) is 0 Å². The van der Waals surface area contributed by atoms with Crippen molar-refractivity contribution >= 4 is 17.4 Å². The van der Waals surface area contributed by atoms with E-state index in [0.29, 0.717) is 66.9 Å². The lowest BCUT2D eigenvalue weighted by atomic mass is 10.1. The van der Waals surface area contributed by atoms with Crippen molar-refractivity contribution in [1.29, 1.82) is 0 Å². The fourth-order valence-electron chi connectivity index (χ4n) is 2.89. The summed E-state index contributed by atoms with van der Waals surface area (Å²) < 4.78 is 22.5. The maximum absolute atomic E-state index is 12.3. The summed E-state index contributed by atoms with van der Waals surface area (Å²) in [5, 5.41) is 2.89. The molecule has 7 heteroatoms. The molecule has 0 saturated heterocycles. The van der Waals surface area contributed by atoms with Crippen LogP contribution >= 0.6 is 0 Å². The molecule has 0 atom stereocenters. The molecule has 0 spiro atoms. The van der Waals surface area contributed by atoms with Gasteiger partial charge in [-0.25, -0.2) is 0 Å². The number of rotatable bonds is 14. The molecule has 174 valence electrons.